The molecular weight excluding hydrogens is 1080 g/mol. The lowest BCUT2D eigenvalue weighted by molar-refractivity contribution is -0.379. The van der Waals surface area contributed by atoms with Crippen LogP contribution in [0.2, 0.25) is 0 Å². The second-order valence-electron chi connectivity index (χ2n) is 19.7. The number of ether oxygens (including phenoxy) is 13. The summed E-state index contributed by atoms with van der Waals surface area (Å²) < 4.78 is 72.4. The number of hydrogen-bond donors (Lipinski definition) is 23. The summed E-state index contributed by atoms with van der Waals surface area (Å²) in [7, 11) is 0. The van der Waals surface area contributed by atoms with Crippen molar-refractivity contribution in [3.05, 3.63) is 0 Å². The predicted molar refractivity (Wildman–Crippen MR) is 232 cm³/mol. The molecule has 7 rings (SSSR count). The molecule has 36 nitrogen and oxygen atoms in total. The van der Waals surface area contributed by atoms with Crippen LogP contribution in [-0.4, -0.2) is 379 Å². The Morgan fingerprint density at radius 1 is 0.218 bits per heavy atom. The van der Waals surface area contributed by atoms with Gasteiger partial charge in [-0.1, -0.05) is 0 Å². The van der Waals surface area contributed by atoms with E-state index in [9.17, 15) is 117 Å². The normalized spacial score (nSPS) is 53.5. The summed E-state index contributed by atoms with van der Waals surface area (Å²) in [5.74, 6) is 0. The maximum atomic E-state index is 11.7. The van der Waals surface area contributed by atoms with E-state index < -0.39 is 261 Å². The molecular formula is C42H72O36. The topological polar surface area (TPSA) is 585 Å². The van der Waals surface area contributed by atoms with Gasteiger partial charge < -0.3 is 179 Å². The van der Waals surface area contributed by atoms with Crippen molar-refractivity contribution in [2.24, 2.45) is 0 Å². The number of rotatable bonds is 19. The van der Waals surface area contributed by atoms with Crippen molar-refractivity contribution in [3.8, 4) is 0 Å². The van der Waals surface area contributed by atoms with Crippen LogP contribution in [0, 0.1) is 0 Å². The zero-order valence-corrected chi connectivity index (χ0v) is 40.8. The molecule has 36 heteroatoms. The first-order valence-corrected chi connectivity index (χ1v) is 24.6. The molecule has 0 aromatic heterocycles. The fourth-order valence-corrected chi connectivity index (χ4v) is 9.57. The molecule has 456 valence electrons. The zero-order valence-electron chi connectivity index (χ0n) is 40.8. The molecule has 7 saturated heterocycles. The van der Waals surface area contributed by atoms with E-state index in [1.165, 1.54) is 0 Å². The van der Waals surface area contributed by atoms with Gasteiger partial charge in [-0.15, -0.1) is 0 Å². The molecule has 0 aromatic carbocycles. The fourth-order valence-electron chi connectivity index (χ4n) is 9.57. The smallest absolute Gasteiger partial charge is 0.187 e. The highest BCUT2D eigenvalue weighted by molar-refractivity contribution is 4.99. The van der Waals surface area contributed by atoms with Crippen LogP contribution in [-0.2, 0) is 61.6 Å². The van der Waals surface area contributed by atoms with Gasteiger partial charge >= 0.3 is 0 Å². The van der Waals surface area contributed by atoms with Crippen LogP contribution >= 0.6 is 0 Å². The Kier molecular flexibility index (Phi) is 22.6. The van der Waals surface area contributed by atoms with Gasteiger partial charge in [0.1, 0.15) is 171 Å². The lowest BCUT2D eigenvalue weighted by Gasteiger charge is -2.48. The molecule has 7 heterocycles. The summed E-state index contributed by atoms with van der Waals surface area (Å²) in [6.45, 7) is -6.34. The van der Waals surface area contributed by atoms with Crippen LogP contribution in [0.5, 0.6) is 0 Å². The van der Waals surface area contributed by atoms with Gasteiger partial charge in [-0.05, 0) is 0 Å². The van der Waals surface area contributed by atoms with Crippen molar-refractivity contribution in [2.75, 3.05) is 46.2 Å². The molecule has 0 aromatic rings. The van der Waals surface area contributed by atoms with E-state index in [0.29, 0.717) is 0 Å². The van der Waals surface area contributed by atoms with Crippen molar-refractivity contribution in [3.63, 3.8) is 0 Å². The van der Waals surface area contributed by atoms with Crippen molar-refractivity contribution in [1.29, 1.82) is 0 Å². The molecule has 0 bridgehead atoms. The molecule has 7 aliphatic heterocycles. The summed E-state index contributed by atoms with van der Waals surface area (Å²) in [6.07, 6.45) is -67.9. The Balaban J connectivity index is 1.10. The van der Waals surface area contributed by atoms with Gasteiger partial charge in [0.15, 0.2) is 44.0 Å². The van der Waals surface area contributed by atoms with Crippen molar-refractivity contribution >= 4 is 0 Å². The van der Waals surface area contributed by atoms with Gasteiger partial charge in [0.05, 0.1) is 46.2 Å². The summed E-state index contributed by atoms with van der Waals surface area (Å²) in [4.78, 5) is 0. The number of aliphatic hydroxyl groups excluding tert-OH is 23. The Morgan fingerprint density at radius 2 is 0.449 bits per heavy atom. The quantitative estimate of drug-likeness (QED) is 0.0571. The van der Waals surface area contributed by atoms with Gasteiger partial charge in [-0.2, -0.15) is 0 Å². The van der Waals surface area contributed by atoms with E-state index in [-0.39, 0.29) is 0 Å². The summed E-state index contributed by atoms with van der Waals surface area (Å²) in [6, 6.07) is 0. The van der Waals surface area contributed by atoms with E-state index in [2.05, 4.69) is 0 Å². The average Bonchev–Trinajstić information content (AvgIpc) is 3.52. The summed E-state index contributed by atoms with van der Waals surface area (Å²) >= 11 is 0. The van der Waals surface area contributed by atoms with E-state index >= 15 is 0 Å². The minimum atomic E-state index is -2.22. The fraction of sp³-hybridized carbons (Fsp3) is 1.00. The van der Waals surface area contributed by atoms with Crippen LogP contribution in [0.3, 0.4) is 0 Å². The molecule has 0 saturated carbocycles. The number of hydrogen-bond acceptors (Lipinski definition) is 36. The van der Waals surface area contributed by atoms with Crippen molar-refractivity contribution in [2.45, 2.75) is 215 Å². The average molecular weight is 1150 g/mol. The molecule has 0 spiro atoms. The Labute approximate surface area is 439 Å². The Hall–Kier alpha value is -1.44. The molecule has 35 atom stereocenters. The van der Waals surface area contributed by atoms with Crippen LogP contribution in [0.25, 0.3) is 0 Å². The molecule has 0 amide bonds. The lowest BCUT2D eigenvalue weighted by atomic mass is 9.96. The molecule has 0 aliphatic carbocycles. The third-order valence-corrected chi connectivity index (χ3v) is 14.5. The van der Waals surface area contributed by atoms with Crippen molar-refractivity contribution in [1.82, 2.24) is 0 Å². The molecule has 7 aliphatic rings. The van der Waals surface area contributed by atoms with E-state index in [4.69, 9.17) is 61.6 Å². The van der Waals surface area contributed by atoms with Crippen LogP contribution in [0.4, 0.5) is 0 Å². The zero-order chi connectivity index (χ0) is 57.3. The second kappa shape index (κ2) is 27.5. The van der Waals surface area contributed by atoms with Gasteiger partial charge in [0, 0.05) is 0 Å². The van der Waals surface area contributed by atoms with Crippen LogP contribution in [0.1, 0.15) is 0 Å². The van der Waals surface area contributed by atoms with Gasteiger partial charge in [0.2, 0.25) is 0 Å². The second-order valence-corrected chi connectivity index (χ2v) is 19.7. The van der Waals surface area contributed by atoms with Gasteiger partial charge in [-0.25, -0.2) is 0 Å². The van der Waals surface area contributed by atoms with Crippen molar-refractivity contribution < 1.29 is 179 Å². The Bertz CT molecular complexity index is 1810. The SMILES string of the molecule is OC[C@H]1O[C@@H](OC[C@H]2O[C@@H](OC[C@H]3O[C@@H](OC[C@H]4O[C@@H](OC[C@H]5OC(O)[C@H](O)[C@@H](O)[C@@H]5O)[C@H](O)[C@@H](O)[C@@H]4O)[C@H](O)[C@@H](O[C@@H]4O[C@H](CO)[C@@H](O)[C@H](O)[C@H]4O)[C@@H]3O)[C@H](O)[C@@H](O[C@@H]3O[C@H](CO)[C@@H](O)[C@H](O)[C@H]3O)[C@@H]2O)[C@H](O)[C@@H](O)[C@@H]1O. The summed E-state index contributed by atoms with van der Waals surface area (Å²) in [5.41, 5.74) is 0. The molecule has 0 radical (unpaired) electrons. The van der Waals surface area contributed by atoms with E-state index in [1.807, 2.05) is 0 Å². The minimum absolute atomic E-state index is 0.772. The van der Waals surface area contributed by atoms with Gasteiger partial charge in [-0.3, -0.25) is 0 Å². The summed E-state index contributed by atoms with van der Waals surface area (Å²) in [5, 5.41) is 243. The highest BCUT2D eigenvalue weighted by Crippen LogP contribution is 2.35. The highest BCUT2D eigenvalue weighted by atomic mass is 16.8. The Morgan fingerprint density at radius 3 is 0.769 bits per heavy atom. The first kappa shape index (κ1) is 64.1. The molecule has 7 fully saturated rings. The predicted octanol–water partition coefficient (Wildman–Crippen LogP) is -16.3. The van der Waals surface area contributed by atoms with E-state index in [0.717, 1.165) is 0 Å². The van der Waals surface area contributed by atoms with Crippen LogP contribution < -0.4 is 0 Å². The first-order chi connectivity index (χ1) is 36.8. The maximum Gasteiger partial charge on any atom is 0.187 e. The minimum Gasteiger partial charge on any atom is -0.394 e. The number of aliphatic hydroxyl groups is 23. The third-order valence-electron chi connectivity index (χ3n) is 14.5. The molecule has 1 unspecified atom stereocenters. The monoisotopic (exact) mass is 1150 g/mol. The lowest BCUT2D eigenvalue weighted by Crippen LogP contribution is -2.66. The first-order valence-electron chi connectivity index (χ1n) is 24.6. The van der Waals surface area contributed by atoms with E-state index in [1.54, 1.807) is 0 Å². The van der Waals surface area contributed by atoms with Gasteiger partial charge in [0.25, 0.3) is 0 Å². The molecule has 23 N–H and O–H groups in total. The van der Waals surface area contributed by atoms with Crippen LogP contribution in [0.15, 0.2) is 0 Å². The standard InChI is InChI=1S/C42H72O36/c43-1-8-15(46)23(54)28(59)37(71-8)67-6-13-20(51)34(77-41-30(61)24(55)16(47)9(2-44)72-41)33(64)40(75-13)69-7-14-21(52)35(78-42-31(62)25(56)17(48)10(3-45)73-42)32(63)39(76-14)68-5-12-19(50)26(57)29(60)38(74-12)66-4-11-18(49)22(53)27(58)36(65)70-11/h8-65H,1-7H2/t8-,9-,10-,11-,12-,13-,14-,15-,16-,17-,18-,19-,20-,21-,22+,23+,24+,25+,26+,27-,28-,29-,30-,31-,32-,33-,34+,35+,36?,37-,38-,39-,40-,41+,42+/m1/s1. The largest absolute Gasteiger partial charge is 0.394 e. The maximum absolute atomic E-state index is 11.7. The third kappa shape index (κ3) is 13.5. The highest BCUT2D eigenvalue weighted by Gasteiger charge is 2.56. The molecule has 78 heavy (non-hydrogen) atoms.